The van der Waals surface area contributed by atoms with E-state index in [2.05, 4.69) is 15.0 Å². The fourth-order valence-electron chi connectivity index (χ4n) is 3.57. The van der Waals surface area contributed by atoms with Crippen molar-refractivity contribution in [2.75, 3.05) is 38.3 Å². The van der Waals surface area contributed by atoms with Crippen molar-refractivity contribution in [2.24, 2.45) is 0 Å². The van der Waals surface area contributed by atoms with Gasteiger partial charge in [0.05, 0.1) is 32.0 Å². The highest BCUT2D eigenvalue weighted by molar-refractivity contribution is 5.86. The summed E-state index contributed by atoms with van der Waals surface area (Å²) >= 11 is 0. The zero-order chi connectivity index (χ0) is 20.5. The molecule has 0 unspecified atom stereocenters. The van der Waals surface area contributed by atoms with E-state index in [1.807, 2.05) is 55.8 Å². The van der Waals surface area contributed by atoms with Gasteiger partial charge in [0.1, 0.15) is 11.3 Å². The van der Waals surface area contributed by atoms with Gasteiger partial charge < -0.3 is 14.4 Å². The average molecular weight is 402 g/mol. The van der Waals surface area contributed by atoms with Crippen LogP contribution in [-0.2, 0) is 4.74 Å². The lowest BCUT2D eigenvalue weighted by atomic mass is 10.1. The predicted molar refractivity (Wildman–Crippen MR) is 114 cm³/mol. The standard InChI is InChI=1S/C22H22N6O2/c1-15-10-19-20(23-12-15)21(27-6-8-30-9-7-27)26-22(25-19)28-14-17(13-24-28)16-4-3-5-18(11-16)29-2/h3-5,10-14H,6-9H2,1-2H3. The van der Waals surface area contributed by atoms with Gasteiger partial charge in [-0.25, -0.2) is 9.67 Å². The van der Waals surface area contributed by atoms with Crippen molar-refractivity contribution in [1.29, 1.82) is 0 Å². The summed E-state index contributed by atoms with van der Waals surface area (Å²) in [5.74, 6) is 2.14. The van der Waals surface area contributed by atoms with Crippen LogP contribution >= 0.6 is 0 Å². The molecule has 0 saturated carbocycles. The first-order chi connectivity index (χ1) is 14.7. The SMILES string of the molecule is COc1cccc(-c2cnn(-c3nc(N4CCOCC4)c4ncc(C)cc4n3)c2)c1. The average Bonchev–Trinajstić information content (AvgIpc) is 3.29. The molecule has 5 rings (SSSR count). The van der Waals surface area contributed by atoms with Gasteiger partial charge in [-0.3, -0.25) is 4.98 Å². The van der Waals surface area contributed by atoms with Crippen LogP contribution in [0.1, 0.15) is 5.56 Å². The molecule has 8 nitrogen and oxygen atoms in total. The summed E-state index contributed by atoms with van der Waals surface area (Å²) in [5.41, 5.74) is 4.64. The minimum Gasteiger partial charge on any atom is -0.497 e. The van der Waals surface area contributed by atoms with Crippen molar-refractivity contribution in [1.82, 2.24) is 24.7 Å². The third-order valence-electron chi connectivity index (χ3n) is 5.14. The first-order valence-electron chi connectivity index (χ1n) is 9.88. The minimum atomic E-state index is 0.519. The van der Waals surface area contributed by atoms with Crippen molar-refractivity contribution >= 4 is 16.9 Å². The van der Waals surface area contributed by atoms with E-state index < -0.39 is 0 Å². The first-order valence-corrected chi connectivity index (χ1v) is 9.88. The van der Waals surface area contributed by atoms with E-state index in [4.69, 9.17) is 19.4 Å². The molecule has 4 heterocycles. The zero-order valence-corrected chi connectivity index (χ0v) is 16.9. The van der Waals surface area contributed by atoms with E-state index in [-0.39, 0.29) is 0 Å². The molecule has 8 heteroatoms. The molecule has 0 spiro atoms. The van der Waals surface area contributed by atoms with E-state index in [1.54, 1.807) is 11.8 Å². The Hall–Kier alpha value is -3.52. The quantitative estimate of drug-likeness (QED) is 0.519. The number of benzene rings is 1. The number of morpholine rings is 1. The highest BCUT2D eigenvalue weighted by atomic mass is 16.5. The molecule has 0 bridgehead atoms. The highest BCUT2D eigenvalue weighted by Crippen LogP contribution is 2.27. The van der Waals surface area contributed by atoms with Crippen LogP contribution in [0.3, 0.4) is 0 Å². The second-order valence-electron chi connectivity index (χ2n) is 7.23. The summed E-state index contributed by atoms with van der Waals surface area (Å²) in [6, 6.07) is 9.92. The van der Waals surface area contributed by atoms with Gasteiger partial charge in [-0.05, 0) is 36.2 Å². The van der Waals surface area contributed by atoms with Gasteiger partial charge in [-0.1, -0.05) is 12.1 Å². The summed E-state index contributed by atoms with van der Waals surface area (Å²) in [6.45, 7) is 4.91. The van der Waals surface area contributed by atoms with Gasteiger partial charge in [0, 0.05) is 31.0 Å². The van der Waals surface area contributed by atoms with Crippen molar-refractivity contribution in [3.8, 4) is 22.8 Å². The van der Waals surface area contributed by atoms with Crippen LogP contribution in [0.15, 0.2) is 48.9 Å². The summed E-state index contributed by atoms with van der Waals surface area (Å²) in [7, 11) is 1.66. The number of hydrogen-bond acceptors (Lipinski definition) is 7. The molecule has 0 aliphatic carbocycles. The van der Waals surface area contributed by atoms with Gasteiger partial charge in [0.25, 0.3) is 5.95 Å². The van der Waals surface area contributed by atoms with Gasteiger partial charge in [0.15, 0.2) is 5.82 Å². The fourth-order valence-corrected chi connectivity index (χ4v) is 3.57. The Morgan fingerprint density at radius 1 is 1.03 bits per heavy atom. The monoisotopic (exact) mass is 402 g/mol. The maximum Gasteiger partial charge on any atom is 0.253 e. The van der Waals surface area contributed by atoms with E-state index >= 15 is 0 Å². The molecule has 1 aliphatic rings. The van der Waals surface area contributed by atoms with Crippen LogP contribution in [-0.4, -0.2) is 58.1 Å². The molecule has 1 aromatic carbocycles. The number of aryl methyl sites for hydroxylation is 1. The maximum atomic E-state index is 5.51. The number of anilines is 1. The minimum absolute atomic E-state index is 0.519. The Labute approximate surface area is 174 Å². The predicted octanol–water partition coefficient (Wildman–Crippen LogP) is 3.03. The number of ether oxygens (including phenoxy) is 2. The Kier molecular flexibility index (Phi) is 4.76. The normalized spacial score (nSPS) is 14.3. The smallest absolute Gasteiger partial charge is 0.253 e. The molecular weight excluding hydrogens is 380 g/mol. The lowest BCUT2D eigenvalue weighted by molar-refractivity contribution is 0.122. The molecule has 4 aromatic rings. The second kappa shape index (κ2) is 7.72. The first kappa shape index (κ1) is 18.5. The molecule has 1 saturated heterocycles. The number of methoxy groups -OCH3 is 1. The second-order valence-corrected chi connectivity index (χ2v) is 7.23. The summed E-state index contributed by atoms with van der Waals surface area (Å²) in [6.07, 6.45) is 5.59. The van der Waals surface area contributed by atoms with Crippen LogP contribution in [0.2, 0.25) is 0 Å². The summed E-state index contributed by atoms with van der Waals surface area (Å²) in [4.78, 5) is 16.4. The summed E-state index contributed by atoms with van der Waals surface area (Å²) in [5, 5.41) is 4.52. The van der Waals surface area contributed by atoms with Crippen molar-refractivity contribution in [3.05, 3.63) is 54.5 Å². The summed E-state index contributed by atoms with van der Waals surface area (Å²) < 4.78 is 12.5. The number of nitrogens with zero attached hydrogens (tertiary/aromatic N) is 6. The zero-order valence-electron chi connectivity index (χ0n) is 16.9. The van der Waals surface area contributed by atoms with Crippen LogP contribution in [0.4, 0.5) is 5.82 Å². The number of pyridine rings is 1. The molecule has 0 radical (unpaired) electrons. The molecule has 3 aromatic heterocycles. The van der Waals surface area contributed by atoms with Gasteiger partial charge in [-0.15, -0.1) is 0 Å². The Balaban J connectivity index is 1.59. The Morgan fingerprint density at radius 3 is 2.73 bits per heavy atom. The lowest BCUT2D eigenvalue weighted by Gasteiger charge is -2.28. The van der Waals surface area contributed by atoms with Crippen LogP contribution in [0.5, 0.6) is 5.75 Å². The molecule has 1 aliphatic heterocycles. The number of fused-ring (bicyclic) bond motifs is 1. The Morgan fingerprint density at radius 2 is 1.90 bits per heavy atom. The van der Waals surface area contributed by atoms with Crippen molar-refractivity contribution < 1.29 is 9.47 Å². The van der Waals surface area contributed by atoms with E-state index in [0.717, 1.165) is 52.4 Å². The van der Waals surface area contributed by atoms with Crippen molar-refractivity contribution in [3.63, 3.8) is 0 Å². The third-order valence-corrected chi connectivity index (χ3v) is 5.14. The van der Waals surface area contributed by atoms with Crippen LogP contribution < -0.4 is 9.64 Å². The number of aromatic nitrogens is 5. The molecule has 0 N–H and O–H groups in total. The maximum absolute atomic E-state index is 5.51. The highest BCUT2D eigenvalue weighted by Gasteiger charge is 2.19. The van der Waals surface area contributed by atoms with Gasteiger partial charge in [0.2, 0.25) is 0 Å². The molecule has 30 heavy (non-hydrogen) atoms. The van der Waals surface area contributed by atoms with E-state index in [9.17, 15) is 0 Å². The molecule has 1 fully saturated rings. The fraction of sp³-hybridized carbons (Fsp3) is 0.273. The molecule has 152 valence electrons. The van der Waals surface area contributed by atoms with Crippen molar-refractivity contribution in [2.45, 2.75) is 6.92 Å². The van der Waals surface area contributed by atoms with Gasteiger partial charge >= 0.3 is 0 Å². The lowest BCUT2D eigenvalue weighted by Crippen LogP contribution is -2.37. The van der Waals surface area contributed by atoms with E-state index in [0.29, 0.717) is 19.2 Å². The van der Waals surface area contributed by atoms with Crippen LogP contribution in [0, 0.1) is 6.92 Å². The van der Waals surface area contributed by atoms with E-state index in [1.165, 1.54) is 0 Å². The molecular formula is C22H22N6O2. The largest absolute Gasteiger partial charge is 0.497 e. The molecule has 0 atom stereocenters. The molecule has 0 amide bonds. The Bertz CT molecular complexity index is 1200. The van der Waals surface area contributed by atoms with Crippen LogP contribution in [0.25, 0.3) is 28.1 Å². The topological polar surface area (TPSA) is 78.2 Å². The number of rotatable bonds is 4. The number of hydrogen-bond donors (Lipinski definition) is 0. The van der Waals surface area contributed by atoms with Gasteiger partial charge in [-0.2, -0.15) is 10.1 Å². The third kappa shape index (κ3) is 3.46.